The number of pyridine rings is 1. The van der Waals surface area contributed by atoms with Crippen LogP contribution in [-0.2, 0) is 0 Å². The third-order valence-electron chi connectivity index (χ3n) is 6.45. The second-order valence-electron chi connectivity index (χ2n) is 8.49. The van der Waals surface area contributed by atoms with Crippen LogP contribution in [0.4, 0.5) is 17.1 Å². The summed E-state index contributed by atoms with van der Waals surface area (Å²) in [4.78, 5) is 31.3. The number of benzene rings is 2. The largest absolute Gasteiger partial charge is 0.366 e. The van der Waals surface area contributed by atoms with Crippen molar-refractivity contribution in [2.75, 3.05) is 23.3 Å². The molecule has 0 unspecified atom stereocenters. The van der Waals surface area contributed by atoms with Gasteiger partial charge in [-0.3, -0.25) is 19.3 Å². The van der Waals surface area contributed by atoms with Crippen LogP contribution in [0.3, 0.4) is 0 Å². The minimum Gasteiger partial charge on any atom is -0.366 e. The Morgan fingerprint density at radius 2 is 1.94 bits per heavy atom. The number of nitrogens with one attached hydrogen (secondary N) is 1. The molecule has 5 rings (SSSR count). The Bertz CT molecular complexity index is 1630. The summed E-state index contributed by atoms with van der Waals surface area (Å²) in [6.07, 6.45) is 3.57. The molecule has 170 valence electrons. The number of aryl methyl sites for hydroxylation is 1. The zero-order chi connectivity index (χ0) is 24.0. The summed E-state index contributed by atoms with van der Waals surface area (Å²) in [7, 11) is 0. The predicted molar refractivity (Wildman–Crippen MR) is 131 cm³/mol. The summed E-state index contributed by atoms with van der Waals surface area (Å²) < 4.78 is 1.47. The Morgan fingerprint density at radius 3 is 2.65 bits per heavy atom. The third kappa shape index (κ3) is 3.31. The fourth-order valence-corrected chi connectivity index (χ4v) is 4.63. The monoisotopic (exact) mass is 454 g/mol. The molecule has 34 heavy (non-hydrogen) atoms. The van der Waals surface area contributed by atoms with Crippen LogP contribution in [0, 0.1) is 35.3 Å². The molecule has 1 N–H and O–H groups in total. The SMILES string of the molecule is Cc1cc([N+](=O)[O-])c(N2CCCC2)cc1N/C=c1\c(C)c(C#N)c2nc3ccccc3n2c1=O. The summed E-state index contributed by atoms with van der Waals surface area (Å²) in [6.45, 7) is 5.06. The Labute approximate surface area is 194 Å². The van der Waals surface area contributed by atoms with E-state index in [1.54, 1.807) is 44.3 Å². The maximum absolute atomic E-state index is 13.5. The van der Waals surface area contributed by atoms with E-state index in [4.69, 9.17) is 0 Å². The topological polar surface area (TPSA) is 117 Å². The van der Waals surface area contributed by atoms with Gasteiger partial charge in [-0.1, -0.05) is 12.1 Å². The smallest absolute Gasteiger partial charge is 0.292 e. The number of nitro benzene ring substituents is 1. The van der Waals surface area contributed by atoms with Crippen molar-refractivity contribution in [2.45, 2.75) is 26.7 Å². The van der Waals surface area contributed by atoms with Crippen LogP contribution in [0.15, 0.2) is 41.2 Å². The Kier molecular flexibility index (Phi) is 5.13. The van der Waals surface area contributed by atoms with Gasteiger partial charge in [-0.2, -0.15) is 5.26 Å². The minimum atomic E-state index is -0.356. The number of nitrogens with zero attached hydrogens (tertiary/aromatic N) is 5. The number of nitriles is 1. The number of imidazole rings is 1. The van der Waals surface area contributed by atoms with Gasteiger partial charge in [-0.15, -0.1) is 0 Å². The molecule has 0 saturated carbocycles. The molecule has 0 spiro atoms. The first-order valence-electron chi connectivity index (χ1n) is 11.0. The van der Waals surface area contributed by atoms with Gasteiger partial charge in [0.1, 0.15) is 11.8 Å². The minimum absolute atomic E-state index is 0.0729. The van der Waals surface area contributed by atoms with Crippen LogP contribution in [0.2, 0.25) is 0 Å². The molecular weight excluding hydrogens is 432 g/mol. The summed E-state index contributed by atoms with van der Waals surface area (Å²) in [5.41, 5.74) is 4.19. The molecule has 0 radical (unpaired) electrons. The molecule has 0 aliphatic carbocycles. The number of nitro groups is 1. The number of rotatable bonds is 4. The highest BCUT2D eigenvalue weighted by Gasteiger charge is 2.24. The normalized spacial score (nSPS) is 14.1. The predicted octanol–water partition coefficient (Wildman–Crippen LogP) is 3.41. The molecule has 0 atom stereocenters. The van der Waals surface area contributed by atoms with Crippen molar-refractivity contribution in [1.29, 1.82) is 5.26 Å². The Hall–Kier alpha value is -4.45. The molecule has 0 bridgehead atoms. The number of aromatic nitrogens is 2. The first-order valence-corrected chi connectivity index (χ1v) is 11.0. The fraction of sp³-hybridized carbons (Fsp3) is 0.240. The first-order chi connectivity index (χ1) is 16.4. The molecule has 9 nitrogen and oxygen atoms in total. The summed E-state index contributed by atoms with van der Waals surface area (Å²) in [5, 5.41) is 25.0. The van der Waals surface area contributed by atoms with Gasteiger partial charge in [0.15, 0.2) is 5.65 Å². The highest BCUT2D eigenvalue weighted by Crippen LogP contribution is 2.35. The van der Waals surface area contributed by atoms with Crippen molar-refractivity contribution < 1.29 is 4.92 Å². The van der Waals surface area contributed by atoms with Crippen molar-refractivity contribution in [3.05, 3.63) is 78.8 Å². The number of hydrogen-bond acceptors (Lipinski definition) is 7. The van der Waals surface area contributed by atoms with E-state index in [2.05, 4.69) is 16.4 Å². The van der Waals surface area contributed by atoms with E-state index in [0.29, 0.717) is 50.0 Å². The average Bonchev–Trinajstić information content (AvgIpc) is 3.48. The van der Waals surface area contributed by atoms with E-state index >= 15 is 0 Å². The van der Waals surface area contributed by atoms with Gasteiger partial charge >= 0.3 is 0 Å². The van der Waals surface area contributed by atoms with Gasteiger partial charge in [-0.05, 0) is 56.0 Å². The Morgan fingerprint density at radius 1 is 1.21 bits per heavy atom. The Balaban J connectivity index is 1.69. The van der Waals surface area contributed by atoms with Gasteiger partial charge in [-0.25, -0.2) is 4.98 Å². The molecule has 2 aromatic carbocycles. The average molecular weight is 454 g/mol. The molecule has 1 fully saturated rings. The van der Waals surface area contributed by atoms with E-state index in [1.807, 2.05) is 17.0 Å². The van der Waals surface area contributed by atoms with E-state index in [-0.39, 0.29) is 16.2 Å². The zero-order valence-corrected chi connectivity index (χ0v) is 18.8. The molecule has 1 aliphatic heterocycles. The second-order valence-corrected chi connectivity index (χ2v) is 8.49. The van der Waals surface area contributed by atoms with Crippen LogP contribution < -0.4 is 21.0 Å². The van der Waals surface area contributed by atoms with Crippen LogP contribution in [0.1, 0.15) is 29.5 Å². The van der Waals surface area contributed by atoms with Gasteiger partial charge in [0.05, 0.1) is 26.7 Å². The molecule has 1 aliphatic rings. The van der Waals surface area contributed by atoms with Crippen LogP contribution in [0.5, 0.6) is 0 Å². The summed E-state index contributed by atoms with van der Waals surface area (Å²) in [6, 6.07) is 12.8. The van der Waals surface area contributed by atoms with E-state index in [0.717, 1.165) is 25.9 Å². The highest BCUT2D eigenvalue weighted by atomic mass is 16.6. The van der Waals surface area contributed by atoms with Crippen LogP contribution in [0.25, 0.3) is 22.9 Å². The van der Waals surface area contributed by atoms with E-state index in [1.165, 1.54) is 4.40 Å². The fourth-order valence-electron chi connectivity index (χ4n) is 4.63. The maximum Gasteiger partial charge on any atom is 0.292 e. The summed E-state index contributed by atoms with van der Waals surface area (Å²) in [5.74, 6) is 0. The lowest BCUT2D eigenvalue weighted by molar-refractivity contribution is -0.384. The first kappa shape index (κ1) is 21.4. The third-order valence-corrected chi connectivity index (χ3v) is 6.45. The lowest BCUT2D eigenvalue weighted by atomic mass is 10.1. The number of anilines is 2. The molecule has 9 heteroatoms. The van der Waals surface area contributed by atoms with E-state index < -0.39 is 0 Å². The molecule has 2 aromatic heterocycles. The molecule has 1 saturated heterocycles. The van der Waals surface area contributed by atoms with Crippen LogP contribution in [-0.4, -0.2) is 27.4 Å². The lowest BCUT2D eigenvalue weighted by Crippen LogP contribution is -2.35. The van der Waals surface area contributed by atoms with Crippen molar-refractivity contribution >= 4 is 39.9 Å². The van der Waals surface area contributed by atoms with Gasteiger partial charge in [0.25, 0.3) is 11.2 Å². The molecule has 4 aromatic rings. The van der Waals surface area contributed by atoms with E-state index in [9.17, 15) is 20.2 Å². The quantitative estimate of drug-likeness (QED) is 0.371. The lowest BCUT2D eigenvalue weighted by Gasteiger charge is -2.19. The van der Waals surface area contributed by atoms with Crippen molar-refractivity contribution in [3.63, 3.8) is 0 Å². The molecule has 3 heterocycles. The van der Waals surface area contributed by atoms with Gasteiger partial charge in [0, 0.05) is 31.0 Å². The highest BCUT2D eigenvalue weighted by molar-refractivity contribution is 5.83. The van der Waals surface area contributed by atoms with Crippen molar-refractivity contribution in [2.24, 2.45) is 0 Å². The molecule has 0 amide bonds. The summed E-state index contributed by atoms with van der Waals surface area (Å²) >= 11 is 0. The zero-order valence-electron chi connectivity index (χ0n) is 18.8. The van der Waals surface area contributed by atoms with Crippen LogP contribution >= 0.6 is 0 Å². The van der Waals surface area contributed by atoms with Gasteiger partial charge < -0.3 is 10.2 Å². The van der Waals surface area contributed by atoms with Gasteiger partial charge in [0.2, 0.25) is 0 Å². The number of hydrogen-bond donors (Lipinski definition) is 1. The second kappa shape index (κ2) is 8.15. The van der Waals surface area contributed by atoms with Crippen molar-refractivity contribution in [3.8, 4) is 6.07 Å². The maximum atomic E-state index is 13.5. The standard InChI is InChI=1S/C25H22N6O3/c1-15-11-23(31(33)34)22(29-9-5-6-10-29)12-20(15)27-14-18-16(2)17(13-26)24-28-19-7-3-4-8-21(19)30(24)25(18)32/h3-4,7-8,11-12,14,27H,5-6,9-10H2,1-2H3/b18-14+. The molecular formula is C25H22N6O3. The number of fused-ring (bicyclic) bond motifs is 3. The number of para-hydroxylation sites is 2. The van der Waals surface area contributed by atoms with Crippen molar-refractivity contribution in [1.82, 2.24) is 9.38 Å².